The number of hydrogen-bond acceptors (Lipinski definition) is 3. The highest BCUT2D eigenvalue weighted by Gasteiger charge is 2.31. The third-order valence-corrected chi connectivity index (χ3v) is 2.23. The predicted molar refractivity (Wildman–Crippen MR) is 51.8 cm³/mol. The van der Waals surface area contributed by atoms with Gasteiger partial charge in [-0.15, -0.1) is 0 Å². The largest absolute Gasteiger partial charge is 0.351 e. The summed E-state index contributed by atoms with van der Waals surface area (Å²) in [6.07, 6.45) is 1.14. The number of hydrogen-bond donors (Lipinski definition) is 1. The van der Waals surface area contributed by atoms with Crippen molar-refractivity contribution in [3.05, 3.63) is 0 Å². The molecule has 70 valence electrons. The van der Waals surface area contributed by atoms with Crippen molar-refractivity contribution in [2.24, 2.45) is 0 Å². The summed E-state index contributed by atoms with van der Waals surface area (Å²) in [4.78, 5) is 12.9. The molecular weight excluding hydrogens is 186 g/mol. The Morgan fingerprint density at radius 1 is 1.77 bits per heavy atom. The Morgan fingerprint density at radius 2 is 2.46 bits per heavy atom. The molecule has 1 saturated heterocycles. The number of nitriles is 1. The highest BCUT2D eigenvalue weighted by atomic mass is 32.1. The summed E-state index contributed by atoms with van der Waals surface area (Å²) in [7, 11) is 0. The monoisotopic (exact) mass is 197 g/mol. The number of unbranched alkanes of at least 4 members (excludes halogenated alkanes) is 1. The molecule has 1 N–H and O–H groups in total. The number of amides is 1. The van der Waals surface area contributed by atoms with Crippen LogP contribution in [0.5, 0.6) is 0 Å². The van der Waals surface area contributed by atoms with E-state index in [1.807, 2.05) is 6.07 Å². The summed E-state index contributed by atoms with van der Waals surface area (Å²) in [5, 5.41) is 11.7. The highest BCUT2D eigenvalue weighted by Crippen LogP contribution is 2.07. The van der Waals surface area contributed by atoms with Crippen LogP contribution in [0.1, 0.15) is 19.8 Å². The maximum absolute atomic E-state index is 11.4. The minimum absolute atomic E-state index is 0.00272. The average molecular weight is 197 g/mol. The normalized spacial score (nSPS) is 21.5. The standard InChI is InChI=1S/C8H11N3OS/c1-6-7(12)11(8(13)10-6)5-3-2-4-9/h6H,2-3,5H2,1H3,(H,10,13). The summed E-state index contributed by atoms with van der Waals surface area (Å²) in [6, 6.07) is 1.82. The lowest BCUT2D eigenvalue weighted by molar-refractivity contribution is -0.126. The SMILES string of the molecule is CC1NC(=S)N(CCCC#N)C1=O. The first-order chi connectivity index (χ1) is 6.16. The van der Waals surface area contributed by atoms with Gasteiger partial charge < -0.3 is 5.32 Å². The molecule has 1 aliphatic heterocycles. The zero-order chi connectivity index (χ0) is 9.84. The Bertz CT molecular complexity index is 271. The topological polar surface area (TPSA) is 56.1 Å². The summed E-state index contributed by atoms with van der Waals surface area (Å²) >= 11 is 4.96. The molecule has 1 fully saturated rings. The summed E-state index contributed by atoms with van der Waals surface area (Å²) in [5.74, 6) is 0.00272. The van der Waals surface area contributed by atoms with Gasteiger partial charge in [-0.3, -0.25) is 9.69 Å². The number of rotatable bonds is 3. The number of carbonyl (C=O) groups is 1. The lowest BCUT2D eigenvalue weighted by atomic mass is 10.3. The van der Waals surface area contributed by atoms with Gasteiger partial charge in [0.1, 0.15) is 6.04 Å². The number of thiocarbonyl (C=S) groups is 1. The smallest absolute Gasteiger partial charge is 0.250 e. The second-order valence-corrected chi connectivity index (χ2v) is 3.31. The van der Waals surface area contributed by atoms with E-state index in [4.69, 9.17) is 17.5 Å². The van der Waals surface area contributed by atoms with E-state index in [-0.39, 0.29) is 11.9 Å². The second kappa shape index (κ2) is 4.19. The molecule has 4 nitrogen and oxygen atoms in total. The van der Waals surface area contributed by atoms with Crippen LogP contribution in [-0.2, 0) is 4.79 Å². The van der Waals surface area contributed by atoms with Gasteiger partial charge in [-0.1, -0.05) is 0 Å². The molecule has 0 aliphatic carbocycles. The molecule has 1 heterocycles. The van der Waals surface area contributed by atoms with Crippen LogP contribution in [0, 0.1) is 11.3 Å². The maximum atomic E-state index is 11.4. The molecule has 0 bridgehead atoms. The van der Waals surface area contributed by atoms with Gasteiger partial charge in [0.25, 0.3) is 5.91 Å². The van der Waals surface area contributed by atoms with E-state index in [9.17, 15) is 4.79 Å². The van der Waals surface area contributed by atoms with Gasteiger partial charge in [0.15, 0.2) is 5.11 Å². The highest BCUT2D eigenvalue weighted by molar-refractivity contribution is 7.80. The molecule has 1 rings (SSSR count). The zero-order valence-electron chi connectivity index (χ0n) is 7.41. The van der Waals surface area contributed by atoms with Gasteiger partial charge in [-0.2, -0.15) is 5.26 Å². The lowest BCUT2D eigenvalue weighted by Crippen LogP contribution is -2.31. The van der Waals surface area contributed by atoms with E-state index in [0.717, 1.165) is 0 Å². The first kappa shape index (κ1) is 9.93. The predicted octanol–water partition coefficient (Wildman–Crippen LogP) is 0.395. The van der Waals surface area contributed by atoms with Crippen molar-refractivity contribution < 1.29 is 4.79 Å². The fourth-order valence-electron chi connectivity index (χ4n) is 1.19. The van der Waals surface area contributed by atoms with Gasteiger partial charge in [0, 0.05) is 13.0 Å². The van der Waals surface area contributed by atoms with E-state index in [1.165, 1.54) is 4.90 Å². The molecule has 0 aromatic rings. The summed E-state index contributed by atoms with van der Waals surface area (Å²) in [6.45, 7) is 2.32. The minimum atomic E-state index is -0.213. The molecule has 1 aliphatic rings. The van der Waals surface area contributed by atoms with Crippen LogP contribution >= 0.6 is 12.2 Å². The Balaban J connectivity index is 2.46. The third kappa shape index (κ3) is 2.16. The van der Waals surface area contributed by atoms with E-state index < -0.39 is 0 Å². The van der Waals surface area contributed by atoms with Crippen LogP contribution in [0.15, 0.2) is 0 Å². The molecule has 1 unspecified atom stereocenters. The lowest BCUT2D eigenvalue weighted by Gasteiger charge is -2.12. The van der Waals surface area contributed by atoms with Gasteiger partial charge in [-0.25, -0.2) is 0 Å². The van der Waals surface area contributed by atoms with Crippen molar-refractivity contribution in [2.75, 3.05) is 6.54 Å². The minimum Gasteiger partial charge on any atom is -0.351 e. The van der Waals surface area contributed by atoms with Crippen molar-refractivity contribution in [1.29, 1.82) is 5.26 Å². The van der Waals surface area contributed by atoms with E-state index in [1.54, 1.807) is 6.92 Å². The molecule has 0 spiro atoms. The second-order valence-electron chi connectivity index (χ2n) is 2.92. The van der Waals surface area contributed by atoms with Crippen LogP contribution in [0.4, 0.5) is 0 Å². The Morgan fingerprint density at radius 3 is 2.92 bits per heavy atom. The summed E-state index contributed by atoms with van der Waals surface area (Å²) < 4.78 is 0. The molecule has 5 heteroatoms. The van der Waals surface area contributed by atoms with E-state index in [0.29, 0.717) is 24.5 Å². The Hall–Kier alpha value is -1.15. The van der Waals surface area contributed by atoms with Crippen LogP contribution < -0.4 is 5.32 Å². The quantitative estimate of drug-likeness (QED) is 0.525. The fraction of sp³-hybridized carbons (Fsp3) is 0.625. The van der Waals surface area contributed by atoms with Gasteiger partial charge in [0.05, 0.1) is 6.07 Å². The third-order valence-electron chi connectivity index (χ3n) is 1.89. The number of nitrogens with zero attached hydrogens (tertiary/aromatic N) is 2. The Kier molecular flexibility index (Phi) is 3.20. The molecule has 0 aromatic carbocycles. The number of carbonyl (C=O) groups excluding carboxylic acids is 1. The molecule has 1 atom stereocenters. The van der Waals surface area contributed by atoms with E-state index in [2.05, 4.69) is 5.32 Å². The molecule has 0 radical (unpaired) electrons. The van der Waals surface area contributed by atoms with Crippen LogP contribution in [0.25, 0.3) is 0 Å². The molecule has 1 amide bonds. The van der Waals surface area contributed by atoms with Gasteiger partial charge in [0.2, 0.25) is 0 Å². The fourth-order valence-corrected chi connectivity index (χ4v) is 1.54. The average Bonchev–Trinajstić information content (AvgIpc) is 2.32. The van der Waals surface area contributed by atoms with Gasteiger partial charge in [-0.05, 0) is 25.6 Å². The molecule has 0 saturated carbocycles. The Labute approximate surface area is 82.5 Å². The maximum Gasteiger partial charge on any atom is 0.250 e. The molecule has 13 heavy (non-hydrogen) atoms. The van der Waals surface area contributed by atoms with E-state index >= 15 is 0 Å². The van der Waals surface area contributed by atoms with Gasteiger partial charge >= 0.3 is 0 Å². The van der Waals surface area contributed by atoms with Crippen molar-refractivity contribution in [2.45, 2.75) is 25.8 Å². The molecule has 0 aromatic heterocycles. The van der Waals surface area contributed by atoms with Crippen molar-refractivity contribution in [3.8, 4) is 6.07 Å². The molecular formula is C8H11N3OS. The van der Waals surface area contributed by atoms with Crippen molar-refractivity contribution in [1.82, 2.24) is 10.2 Å². The number of nitrogens with one attached hydrogen (secondary N) is 1. The first-order valence-corrected chi connectivity index (χ1v) is 4.56. The van der Waals surface area contributed by atoms with Crippen LogP contribution in [0.2, 0.25) is 0 Å². The van der Waals surface area contributed by atoms with Crippen LogP contribution in [-0.4, -0.2) is 28.5 Å². The van der Waals surface area contributed by atoms with Crippen molar-refractivity contribution >= 4 is 23.2 Å². The van der Waals surface area contributed by atoms with Crippen molar-refractivity contribution in [3.63, 3.8) is 0 Å². The van der Waals surface area contributed by atoms with Crippen LogP contribution in [0.3, 0.4) is 0 Å². The summed E-state index contributed by atoms with van der Waals surface area (Å²) in [5.41, 5.74) is 0. The first-order valence-electron chi connectivity index (χ1n) is 4.15. The zero-order valence-corrected chi connectivity index (χ0v) is 8.23.